The van der Waals surface area contributed by atoms with Gasteiger partial charge in [-0.1, -0.05) is 12.1 Å². The van der Waals surface area contributed by atoms with Gasteiger partial charge in [-0.2, -0.15) is 0 Å². The first-order valence-corrected chi connectivity index (χ1v) is 9.46. The lowest BCUT2D eigenvalue weighted by atomic mass is 10.1. The summed E-state index contributed by atoms with van der Waals surface area (Å²) in [5.41, 5.74) is 1.93. The van der Waals surface area contributed by atoms with Gasteiger partial charge in [0.2, 0.25) is 5.91 Å². The van der Waals surface area contributed by atoms with E-state index in [4.69, 9.17) is 0 Å². The topological polar surface area (TPSA) is 64.7 Å². The Balaban J connectivity index is 1.40. The van der Waals surface area contributed by atoms with Crippen LogP contribution in [-0.4, -0.2) is 54.5 Å². The van der Waals surface area contributed by atoms with Gasteiger partial charge in [-0.25, -0.2) is 13.6 Å². The van der Waals surface area contributed by atoms with Crippen LogP contribution in [0, 0.1) is 18.6 Å². The Kier molecular flexibility index (Phi) is 6.77. The van der Waals surface area contributed by atoms with E-state index in [0.29, 0.717) is 44.0 Å². The number of benzene rings is 2. The summed E-state index contributed by atoms with van der Waals surface area (Å²) in [7, 11) is 0. The van der Waals surface area contributed by atoms with Gasteiger partial charge in [0, 0.05) is 38.4 Å². The number of nitrogens with one attached hydrogen (secondary N) is 2. The van der Waals surface area contributed by atoms with Crippen LogP contribution in [0.4, 0.5) is 19.3 Å². The molecule has 0 radical (unpaired) electrons. The van der Waals surface area contributed by atoms with Crippen LogP contribution < -0.4 is 10.6 Å². The highest BCUT2D eigenvalue weighted by Crippen LogP contribution is 2.10. The van der Waals surface area contributed by atoms with Crippen LogP contribution in [0.1, 0.15) is 11.1 Å². The summed E-state index contributed by atoms with van der Waals surface area (Å²) in [5.74, 6) is -0.798. The van der Waals surface area contributed by atoms with Crippen LogP contribution in [0.3, 0.4) is 0 Å². The summed E-state index contributed by atoms with van der Waals surface area (Å²) in [6.07, 6.45) is 0. The number of piperazine rings is 1. The van der Waals surface area contributed by atoms with E-state index in [1.54, 1.807) is 24.0 Å². The Morgan fingerprint density at radius 2 is 1.69 bits per heavy atom. The smallest absolute Gasteiger partial charge is 0.317 e. The van der Waals surface area contributed by atoms with Crippen molar-refractivity contribution in [3.63, 3.8) is 0 Å². The standard InChI is InChI=1S/C21H24F2N4O2/c1-15-12-16(2-7-19(15)23)13-24-21(29)27-10-8-26(9-11-27)14-20(28)25-18-5-3-17(22)4-6-18/h2-7,12H,8-11,13-14H2,1H3,(H,24,29)(H,25,28). The van der Waals surface area contributed by atoms with Crippen LogP contribution in [0.15, 0.2) is 42.5 Å². The largest absolute Gasteiger partial charge is 0.334 e. The Hall–Kier alpha value is -3.00. The highest BCUT2D eigenvalue weighted by molar-refractivity contribution is 5.92. The highest BCUT2D eigenvalue weighted by atomic mass is 19.1. The van der Waals surface area contributed by atoms with Crippen LogP contribution >= 0.6 is 0 Å². The number of carbonyl (C=O) groups is 2. The number of hydrogen-bond acceptors (Lipinski definition) is 3. The van der Waals surface area contributed by atoms with E-state index in [9.17, 15) is 18.4 Å². The average molecular weight is 402 g/mol. The molecule has 6 nitrogen and oxygen atoms in total. The molecule has 0 aliphatic carbocycles. The van der Waals surface area contributed by atoms with Crippen molar-refractivity contribution in [2.45, 2.75) is 13.5 Å². The third-order valence-corrected chi connectivity index (χ3v) is 4.82. The molecule has 1 fully saturated rings. The van der Waals surface area contributed by atoms with Gasteiger partial charge in [-0.3, -0.25) is 9.69 Å². The van der Waals surface area contributed by atoms with Gasteiger partial charge in [-0.15, -0.1) is 0 Å². The number of nitrogens with zero attached hydrogens (tertiary/aromatic N) is 2. The zero-order valence-corrected chi connectivity index (χ0v) is 16.3. The van der Waals surface area contributed by atoms with Gasteiger partial charge in [0.1, 0.15) is 11.6 Å². The minimum absolute atomic E-state index is 0.178. The highest BCUT2D eigenvalue weighted by Gasteiger charge is 2.22. The predicted molar refractivity (Wildman–Crippen MR) is 106 cm³/mol. The fourth-order valence-electron chi connectivity index (χ4n) is 3.15. The maximum atomic E-state index is 13.3. The van der Waals surface area contributed by atoms with Gasteiger partial charge in [0.25, 0.3) is 0 Å². The number of carbonyl (C=O) groups excluding carboxylic acids is 2. The number of hydrogen-bond donors (Lipinski definition) is 2. The molecule has 29 heavy (non-hydrogen) atoms. The molecule has 0 saturated carbocycles. The summed E-state index contributed by atoms with van der Waals surface area (Å²) >= 11 is 0. The summed E-state index contributed by atoms with van der Waals surface area (Å²) in [4.78, 5) is 28.1. The molecule has 2 N–H and O–H groups in total. The van der Waals surface area contributed by atoms with Crippen molar-refractivity contribution >= 4 is 17.6 Å². The number of rotatable bonds is 5. The lowest BCUT2D eigenvalue weighted by Gasteiger charge is -2.34. The molecule has 1 saturated heterocycles. The third-order valence-electron chi connectivity index (χ3n) is 4.82. The minimum atomic E-state index is -0.355. The molecule has 0 bridgehead atoms. The molecule has 0 spiro atoms. The summed E-state index contributed by atoms with van der Waals surface area (Å²) in [6, 6.07) is 10.2. The molecule has 8 heteroatoms. The molecule has 0 unspecified atom stereocenters. The van der Waals surface area contributed by atoms with Crippen molar-refractivity contribution in [2.24, 2.45) is 0 Å². The van der Waals surface area contributed by atoms with Crippen molar-refractivity contribution < 1.29 is 18.4 Å². The summed E-state index contributed by atoms with van der Waals surface area (Å²) in [5, 5.41) is 5.57. The van der Waals surface area contributed by atoms with E-state index in [-0.39, 0.29) is 30.1 Å². The Morgan fingerprint density at radius 3 is 2.34 bits per heavy atom. The minimum Gasteiger partial charge on any atom is -0.334 e. The van der Waals surface area contributed by atoms with E-state index < -0.39 is 0 Å². The maximum Gasteiger partial charge on any atom is 0.317 e. The monoisotopic (exact) mass is 402 g/mol. The van der Waals surface area contributed by atoms with Gasteiger partial charge in [0.15, 0.2) is 0 Å². The Bertz CT molecular complexity index is 865. The predicted octanol–water partition coefficient (Wildman–Crippen LogP) is 2.74. The SMILES string of the molecule is Cc1cc(CNC(=O)N2CCN(CC(=O)Nc3ccc(F)cc3)CC2)ccc1F. The molecule has 0 aromatic heterocycles. The number of anilines is 1. The lowest BCUT2D eigenvalue weighted by molar-refractivity contribution is -0.117. The van der Waals surface area contributed by atoms with Gasteiger partial charge in [0.05, 0.1) is 6.54 Å². The van der Waals surface area contributed by atoms with E-state index in [0.717, 1.165) is 5.56 Å². The van der Waals surface area contributed by atoms with E-state index in [1.165, 1.54) is 30.3 Å². The van der Waals surface area contributed by atoms with Gasteiger partial charge >= 0.3 is 6.03 Å². The maximum absolute atomic E-state index is 13.3. The molecule has 2 aromatic rings. The molecule has 3 rings (SSSR count). The quantitative estimate of drug-likeness (QED) is 0.808. The number of aryl methyl sites for hydroxylation is 1. The number of urea groups is 1. The Labute approximate surface area is 168 Å². The van der Waals surface area contributed by atoms with Crippen molar-refractivity contribution in [2.75, 3.05) is 38.0 Å². The second kappa shape index (κ2) is 9.47. The molecule has 0 atom stereocenters. The Morgan fingerprint density at radius 1 is 1.00 bits per heavy atom. The molecule has 3 amide bonds. The van der Waals surface area contributed by atoms with Gasteiger partial charge in [-0.05, 0) is 48.4 Å². The lowest BCUT2D eigenvalue weighted by Crippen LogP contribution is -2.52. The van der Waals surface area contributed by atoms with E-state index in [2.05, 4.69) is 10.6 Å². The molecule has 2 aromatic carbocycles. The van der Waals surface area contributed by atoms with Gasteiger partial charge < -0.3 is 15.5 Å². The fraction of sp³-hybridized carbons (Fsp3) is 0.333. The van der Waals surface area contributed by atoms with Crippen molar-refractivity contribution in [1.82, 2.24) is 15.1 Å². The molecular formula is C21H24F2N4O2. The molecule has 1 heterocycles. The zero-order valence-electron chi connectivity index (χ0n) is 16.3. The first-order valence-electron chi connectivity index (χ1n) is 9.46. The van der Waals surface area contributed by atoms with Crippen LogP contribution in [0.5, 0.6) is 0 Å². The average Bonchev–Trinajstić information content (AvgIpc) is 2.71. The second-order valence-corrected chi connectivity index (χ2v) is 7.06. The zero-order chi connectivity index (χ0) is 20.8. The fourth-order valence-corrected chi connectivity index (χ4v) is 3.15. The van der Waals surface area contributed by atoms with Crippen LogP contribution in [0.25, 0.3) is 0 Å². The van der Waals surface area contributed by atoms with Crippen molar-refractivity contribution in [3.05, 3.63) is 65.2 Å². The van der Waals surface area contributed by atoms with Crippen LogP contribution in [0.2, 0.25) is 0 Å². The van der Waals surface area contributed by atoms with E-state index in [1.807, 2.05) is 4.90 Å². The third kappa shape index (κ3) is 5.99. The summed E-state index contributed by atoms with van der Waals surface area (Å²) < 4.78 is 26.2. The molecule has 154 valence electrons. The molecular weight excluding hydrogens is 378 g/mol. The normalized spacial score (nSPS) is 14.5. The first kappa shape index (κ1) is 20.7. The summed E-state index contributed by atoms with van der Waals surface area (Å²) in [6.45, 7) is 4.42. The molecule has 1 aliphatic rings. The number of halogens is 2. The van der Waals surface area contributed by atoms with Crippen molar-refractivity contribution in [3.8, 4) is 0 Å². The van der Waals surface area contributed by atoms with Crippen molar-refractivity contribution in [1.29, 1.82) is 0 Å². The van der Waals surface area contributed by atoms with Crippen LogP contribution in [-0.2, 0) is 11.3 Å². The first-order chi connectivity index (χ1) is 13.9. The second-order valence-electron chi connectivity index (χ2n) is 7.06. The molecule has 1 aliphatic heterocycles. The van der Waals surface area contributed by atoms with E-state index >= 15 is 0 Å². The number of amides is 3.